The molecule has 0 aromatic carbocycles. The second-order valence-electron chi connectivity index (χ2n) is 4.35. The molecule has 0 saturated heterocycles. The summed E-state index contributed by atoms with van der Waals surface area (Å²) in [6.07, 6.45) is 5.59. The quantitative estimate of drug-likeness (QED) is 0.813. The molecule has 16 heavy (non-hydrogen) atoms. The summed E-state index contributed by atoms with van der Waals surface area (Å²) in [6.45, 7) is 4.38. The van der Waals surface area contributed by atoms with Crippen molar-refractivity contribution in [1.29, 1.82) is 0 Å². The van der Waals surface area contributed by atoms with Gasteiger partial charge in [-0.15, -0.1) is 0 Å². The molecule has 0 unspecified atom stereocenters. The number of aromatic nitrogens is 1. The standard InChI is InChI=1S/C12H16BrClN2/c1-2-5-16(8-9-3-4-9)12-11(13)6-10(14)7-15-12/h6-7,9H,2-5,8H2,1H3. The Balaban J connectivity index is 2.15. The van der Waals surface area contributed by atoms with E-state index in [2.05, 4.69) is 32.7 Å². The van der Waals surface area contributed by atoms with E-state index < -0.39 is 0 Å². The van der Waals surface area contributed by atoms with Crippen LogP contribution >= 0.6 is 27.5 Å². The molecule has 88 valence electrons. The van der Waals surface area contributed by atoms with Crippen molar-refractivity contribution in [1.82, 2.24) is 4.98 Å². The largest absolute Gasteiger partial charge is 0.355 e. The third-order valence-electron chi connectivity index (χ3n) is 2.76. The lowest BCUT2D eigenvalue weighted by Gasteiger charge is -2.24. The van der Waals surface area contributed by atoms with Gasteiger partial charge in [-0.1, -0.05) is 18.5 Å². The zero-order valence-electron chi connectivity index (χ0n) is 9.42. The highest BCUT2D eigenvalue weighted by Gasteiger charge is 2.25. The van der Waals surface area contributed by atoms with Gasteiger partial charge in [0.2, 0.25) is 0 Å². The Morgan fingerprint density at radius 1 is 1.56 bits per heavy atom. The minimum absolute atomic E-state index is 0.679. The van der Waals surface area contributed by atoms with Gasteiger partial charge in [0.25, 0.3) is 0 Å². The van der Waals surface area contributed by atoms with Crippen molar-refractivity contribution >= 4 is 33.3 Å². The van der Waals surface area contributed by atoms with Crippen LogP contribution in [0.25, 0.3) is 0 Å². The van der Waals surface area contributed by atoms with E-state index >= 15 is 0 Å². The highest BCUT2D eigenvalue weighted by molar-refractivity contribution is 9.10. The van der Waals surface area contributed by atoms with Crippen LogP contribution in [-0.2, 0) is 0 Å². The van der Waals surface area contributed by atoms with Gasteiger partial charge >= 0.3 is 0 Å². The van der Waals surface area contributed by atoms with Crippen molar-refractivity contribution in [3.05, 3.63) is 21.8 Å². The number of rotatable bonds is 5. The third kappa shape index (κ3) is 3.11. The van der Waals surface area contributed by atoms with Crippen LogP contribution in [0.3, 0.4) is 0 Å². The molecule has 1 heterocycles. The summed E-state index contributed by atoms with van der Waals surface area (Å²) in [5, 5.41) is 0.679. The summed E-state index contributed by atoms with van der Waals surface area (Å²) >= 11 is 9.45. The van der Waals surface area contributed by atoms with Gasteiger partial charge in [-0.2, -0.15) is 0 Å². The van der Waals surface area contributed by atoms with E-state index in [-0.39, 0.29) is 0 Å². The topological polar surface area (TPSA) is 16.1 Å². The maximum absolute atomic E-state index is 5.91. The summed E-state index contributed by atoms with van der Waals surface area (Å²) < 4.78 is 0.995. The minimum atomic E-state index is 0.679. The van der Waals surface area contributed by atoms with Crippen LogP contribution < -0.4 is 4.90 Å². The predicted octanol–water partition coefficient (Wildman–Crippen LogP) is 4.12. The zero-order chi connectivity index (χ0) is 11.5. The summed E-state index contributed by atoms with van der Waals surface area (Å²) in [7, 11) is 0. The highest BCUT2D eigenvalue weighted by atomic mass is 79.9. The van der Waals surface area contributed by atoms with Crippen molar-refractivity contribution in [2.45, 2.75) is 26.2 Å². The minimum Gasteiger partial charge on any atom is -0.355 e. The first-order chi connectivity index (χ1) is 7.70. The van der Waals surface area contributed by atoms with Crippen molar-refractivity contribution in [2.75, 3.05) is 18.0 Å². The Morgan fingerprint density at radius 2 is 2.31 bits per heavy atom. The van der Waals surface area contributed by atoms with E-state index in [1.807, 2.05) is 6.07 Å². The van der Waals surface area contributed by atoms with Crippen LogP contribution in [0.1, 0.15) is 26.2 Å². The molecule has 1 saturated carbocycles. The lowest BCUT2D eigenvalue weighted by atomic mass is 10.3. The maximum Gasteiger partial charge on any atom is 0.142 e. The van der Waals surface area contributed by atoms with E-state index in [1.165, 1.54) is 12.8 Å². The van der Waals surface area contributed by atoms with Crippen LogP contribution in [0.5, 0.6) is 0 Å². The molecular formula is C12H16BrClN2. The Morgan fingerprint density at radius 3 is 2.88 bits per heavy atom. The van der Waals surface area contributed by atoms with E-state index in [4.69, 9.17) is 11.6 Å². The van der Waals surface area contributed by atoms with Crippen molar-refractivity contribution in [3.8, 4) is 0 Å². The number of hydrogen-bond acceptors (Lipinski definition) is 2. The first-order valence-electron chi connectivity index (χ1n) is 5.76. The maximum atomic E-state index is 5.91. The molecule has 0 amide bonds. The van der Waals surface area contributed by atoms with Crippen molar-refractivity contribution in [2.24, 2.45) is 5.92 Å². The van der Waals surface area contributed by atoms with Crippen molar-refractivity contribution in [3.63, 3.8) is 0 Å². The van der Waals surface area contributed by atoms with E-state index in [0.717, 1.165) is 35.7 Å². The molecule has 2 rings (SSSR count). The molecule has 0 spiro atoms. The highest BCUT2D eigenvalue weighted by Crippen LogP contribution is 2.33. The number of anilines is 1. The Labute approximate surface area is 110 Å². The molecule has 2 nitrogen and oxygen atoms in total. The summed E-state index contributed by atoms with van der Waals surface area (Å²) in [5.41, 5.74) is 0. The number of halogens is 2. The van der Waals surface area contributed by atoms with Crippen LogP contribution in [-0.4, -0.2) is 18.1 Å². The lowest BCUT2D eigenvalue weighted by molar-refractivity contribution is 0.698. The van der Waals surface area contributed by atoms with E-state index in [1.54, 1.807) is 6.20 Å². The molecule has 1 aromatic rings. The Kier molecular flexibility index (Phi) is 4.09. The molecule has 0 atom stereocenters. The molecule has 1 aliphatic rings. The summed E-state index contributed by atoms with van der Waals surface area (Å²) in [4.78, 5) is 6.78. The van der Waals surface area contributed by atoms with Gasteiger partial charge in [0.05, 0.1) is 9.50 Å². The molecule has 0 N–H and O–H groups in total. The normalized spacial score (nSPS) is 15.2. The predicted molar refractivity (Wildman–Crippen MR) is 72.2 cm³/mol. The molecule has 0 radical (unpaired) electrons. The fourth-order valence-electron chi connectivity index (χ4n) is 1.81. The lowest BCUT2D eigenvalue weighted by Crippen LogP contribution is -2.27. The van der Waals surface area contributed by atoms with Gasteiger partial charge in [-0.25, -0.2) is 4.98 Å². The summed E-state index contributed by atoms with van der Waals surface area (Å²) in [6, 6.07) is 1.92. The van der Waals surface area contributed by atoms with Gasteiger partial charge in [0.1, 0.15) is 5.82 Å². The van der Waals surface area contributed by atoms with Crippen LogP contribution in [0, 0.1) is 5.92 Å². The Hall–Kier alpha value is -0.280. The molecule has 0 aliphatic heterocycles. The second kappa shape index (κ2) is 5.37. The van der Waals surface area contributed by atoms with Crippen LogP contribution in [0.15, 0.2) is 16.7 Å². The van der Waals surface area contributed by atoms with Gasteiger partial charge in [0, 0.05) is 19.3 Å². The molecular weight excluding hydrogens is 288 g/mol. The van der Waals surface area contributed by atoms with E-state index in [9.17, 15) is 0 Å². The first kappa shape index (κ1) is 12.2. The SMILES string of the molecule is CCCN(CC1CC1)c1ncc(Cl)cc1Br. The van der Waals surface area contributed by atoms with Crippen LogP contribution in [0.2, 0.25) is 5.02 Å². The third-order valence-corrected chi connectivity index (χ3v) is 3.55. The second-order valence-corrected chi connectivity index (χ2v) is 5.64. The van der Waals surface area contributed by atoms with Gasteiger partial charge in [0.15, 0.2) is 0 Å². The monoisotopic (exact) mass is 302 g/mol. The number of pyridine rings is 1. The van der Waals surface area contributed by atoms with Crippen molar-refractivity contribution < 1.29 is 0 Å². The number of hydrogen-bond donors (Lipinski definition) is 0. The molecule has 1 fully saturated rings. The molecule has 1 aromatic heterocycles. The van der Waals surface area contributed by atoms with Gasteiger partial charge in [-0.3, -0.25) is 0 Å². The van der Waals surface area contributed by atoms with E-state index in [0.29, 0.717) is 5.02 Å². The average molecular weight is 304 g/mol. The summed E-state index contributed by atoms with van der Waals surface area (Å²) in [5.74, 6) is 1.90. The van der Waals surface area contributed by atoms with Crippen LogP contribution in [0.4, 0.5) is 5.82 Å². The average Bonchev–Trinajstić information content (AvgIpc) is 3.01. The Bertz CT molecular complexity index is 366. The molecule has 0 bridgehead atoms. The fraction of sp³-hybridized carbons (Fsp3) is 0.583. The number of nitrogens with zero attached hydrogens (tertiary/aromatic N) is 2. The van der Waals surface area contributed by atoms with Gasteiger partial charge < -0.3 is 4.90 Å². The smallest absolute Gasteiger partial charge is 0.142 e. The fourth-order valence-corrected chi connectivity index (χ4v) is 2.70. The molecule has 4 heteroatoms. The van der Waals surface area contributed by atoms with Gasteiger partial charge in [-0.05, 0) is 47.2 Å². The first-order valence-corrected chi connectivity index (χ1v) is 6.93. The zero-order valence-corrected chi connectivity index (χ0v) is 11.8. The molecule has 1 aliphatic carbocycles.